The molecule has 6 nitrogen and oxygen atoms in total. The first-order valence-electron chi connectivity index (χ1n) is 9.25. The van der Waals surface area contributed by atoms with E-state index in [0.717, 1.165) is 17.8 Å². The van der Waals surface area contributed by atoms with Gasteiger partial charge in [-0.25, -0.2) is 19.2 Å². The van der Waals surface area contributed by atoms with Gasteiger partial charge in [-0.1, -0.05) is 0 Å². The summed E-state index contributed by atoms with van der Waals surface area (Å²) in [5, 5.41) is 13.6. The van der Waals surface area contributed by atoms with Crippen LogP contribution in [0.1, 0.15) is 20.8 Å². The van der Waals surface area contributed by atoms with E-state index in [4.69, 9.17) is 5.11 Å². The monoisotopic (exact) mass is 462 g/mol. The van der Waals surface area contributed by atoms with Crippen LogP contribution in [0.4, 0.5) is 23.4 Å². The summed E-state index contributed by atoms with van der Waals surface area (Å²) in [6.07, 6.45) is -0.0995. The number of hydrogen-bond donors (Lipinski definition) is 2. The van der Waals surface area contributed by atoms with E-state index < -0.39 is 22.6 Å². The van der Waals surface area contributed by atoms with Gasteiger partial charge in [0.25, 0.3) is 0 Å². The molecular formula is C21H14F4N4O2S. The maximum Gasteiger partial charge on any atom is 0.418 e. The van der Waals surface area contributed by atoms with Crippen LogP contribution in [0.15, 0.2) is 49.1 Å². The van der Waals surface area contributed by atoms with Crippen LogP contribution in [0.25, 0.3) is 21.3 Å². The molecule has 3 heterocycles. The van der Waals surface area contributed by atoms with Gasteiger partial charge >= 0.3 is 12.1 Å². The predicted octanol–water partition coefficient (Wildman–Crippen LogP) is 5.26. The average molecular weight is 462 g/mol. The van der Waals surface area contributed by atoms with Crippen molar-refractivity contribution in [3.8, 4) is 10.6 Å². The van der Waals surface area contributed by atoms with Crippen molar-refractivity contribution in [3.63, 3.8) is 0 Å². The maximum absolute atomic E-state index is 14.3. The molecule has 164 valence electrons. The summed E-state index contributed by atoms with van der Waals surface area (Å²) in [5.74, 6) is -1.71. The number of nitrogens with one attached hydrogen (secondary N) is 1. The molecule has 1 aromatic carbocycles. The van der Waals surface area contributed by atoms with E-state index in [2.05, 4.69) is 20.3 Å². The number of halogens is 4. The molecule has 32 heavy (non-hydrogen) atoms. The first kappa shape index (κ1) is 21.6. The van der Waals surface area contributed by atoms with Crippen LogP contribution in [0.2, 0.25) is 0 Å². The zero-order chi connectivity index (χ0) is 22.9. The molecule has 0 radical (unpaired) electrons. The number of aromatic nitrogens is 3. The second kappa shape index (κ2) is 8.50. The van der Waals surface area contributed by atoms with Crippen molar-refractivity contribution in [3.05, 3.63) is 70.9 Å². The Labute approximate surface area is 182 Å². The SMILES string of the molecule is O=C(O)c1sc(-c2cc(NCCc3cc4ccncc4cc3F)ncn2)cc1C(F)(F)F. The fourth-order valence-corrected chi connectivity index (χ4v) is 4.13. The highest BCUT2D eigenvalue weighted by Crippen LogP contribution is 2.40. The first-order valence-corrected chi connectivity index (χ1v) is 10.1. The van der Waals surface area contributed by atoms with Gasteiger partial charge in [0, 0.05) is 30.4 Å². The number of benzene rings is 1. The Morgan fingerprint density at radius 1 is 1.12 bits per heavy atom. The van der Waals surface area contributed by atoms with Gasteiger partial charge in [0.05, 0.1) is 16.1 Å². The molecular weight excluding hydrogens is 448 g/mol. The maximum atomic E-state index is 14.3. The topological polar surface area (TPSA) is 88.0 Å². The zero-order valence-electron chi connectivity index (χ0n) is 16.2. The summed E-state index contributed by atoms with van der Waals surface area (Å²) in [6, 6.07) is 7.11. The number of alkyl halides is 3. The fourth-order valence-electron chi connectivity index (χ4n) is 3.15. The molecule has 0 saturated carbocycles. The zero-order valence-corrected chi connectivity index (χ0v) is 17.0. The van der Waals surface area contributed by atoms with Crippen LogP contribution < -0.4 is 5.32 Å². The Morgan fingerprint density at radius 3 is 2.66 bits per heavy atom. The van der Waals surface area contributed by atoms with Crippen molar-refractivity contribution < 1.29 is 27.5 Å². The van der Waals surface area contributed by atoms with Crippen LogP contribution in [-0.2, 0) is 12.6 Å². The van der Waals surface area contributed by atoms with Crippen LogP contribution in [0, 0.1) is 5.82 Å². The third-order valence-corrected chi connectivity index (χ3v) is 5.80. The summed E-state index contributed by atoms with van der Waals surface area (Å²) in [5.41, 5.74) is -0.584. The molecule has 0 bridgehead atoms. The largest absolute Gasteiger partial charge is 0.477 e. The minimum absolute atomic E-state index is 0.0503. The number of thiophene rings is 1. The summed E-state index contributed by atoms with van der Waals surface area (Å²) in [6.45, 7) is 0.308. The van der Waals surface area contributed by atoms with E-state index in [1.807, 2.05) is 0 Å². The highest BCUT2D eigenvalue weighted by atomic mass is 32.1. The lowest BCUT2D eigenvalue weighted by atomic mass is 10.1. The fraction of sp³-hybridized carbons (Fsp3) is 0.143. The molecule has 0 aliphatic heterocycles. The van der Waals surface area contributed by atoms with Gasteiger partial charge < -0.3 is 10.4 Å². The van der Waals surface area contributed by atoms with Gasteiger partial charge in [-0.2, -0.15) is 13.2 Å². The van der Waals surface area contributed by atoms with Gasteiger partial charge in [-0.15, -0.1) is 11.3 Å². The minimum Gasteiger partial charge on any atom is -0.477 e. The Kier molecular flexibility index (Phi) is 5.74. The molecule has 4 rings (SSSR count). The van der Waals surface area contributed by atoms with Crippen LogP contribution >= 0.6 is 11.3 Å². The smallest absolute Gasteiger partial charge is 0.418 e. The standard InChI is InChI=1S/C21H14F4N4O2S/c22-15-6-13-9-26-3-1-11(13)5-12(15)2-4-27-18-8-16(28-10-29-18)17-7-14(21(23,24)25)19(32-17)20(30)31/h1,3,5-10H,2,4H2,(H,30,31)(H,27,28,29). The molecule has 4 aromatic rings. The summed E-state index contributed by atoms with van der Waals surface area (Å²) in [4.78, 5) is 22.4. The first-order chi connectivity index (χ1) is 15.2. The van der Waals surface area contributed by atoms with Gasteiger partial charge in [0.2, 0.25) is 0 Å². The molecule has 11 heteroatoms. The number of carbonyl (C=O) groups is 1. The highest BCUT2D eigenvalue weighted by Gasteiger charge is 2.37. The van der Waals surface area contributed by atoms with Crippen molar-refractivity contribution in [2.75, 3.05) is 11.9 Å². The lowest BCUT2D eigenvalue weighted by Gasteiger charge is -2.08. The summed E-state index contributed by atoms with van der Waals surface area (Å²) < 4.78 is 53.7. The molecule has 0 atom stereocenters. The van der Waals surface area contributed by atoms with Gasteiger partial charge in [-0.3, -0.25) is 4.98 Å². The predicted molar refractivity (Wildman–Crippen MR) is 111 cm³/mol. The molecule has 0 unspecified atom stereocenters. The van der Waals surface area contributed by atoms with Crippen molar-refractivity contribution >= 4 is 33.9 Å². The van der Waals surface area contributed by atoms with Crippen LogP contribution in [0.5, 0.6) is 0 Å². The normalized spacial score (nSPS) is 11.6. The number of anilines is 1. The van der Waals surface area contributed by atoms with E-state index in [1.165, 1.54) is 12.1 Å². The van der Waals surface area contributed by atoms with Crippen molar-refractivity contribution in [2.24, 2.45) is 0 Å². The summed E-state index contributed by atoms with van der Waals surface area (Å²) >= 11 is 0.488. The molecule has 3 aromatic heterocycles. The molecule has 0 aliphatic rings. The van der Waals surface area contributed by atoms with E-state index in [-0.39, 0.29) is 16.4 Å². The van der Waals surface area contributed by atoms with Gasteiger partial charge in [-0.05, 0) is 41.6 Å². The quantitative estimate of drug-likeness (QED) is 0.380. The van der Waals surface area contributed by atoms with Crippen molar-refractivity contribution in [1.82, 2.24) is 15.0 Å². The molecule has 0 aliphatic carbocycles. The van der Waals surface area contributed by atoms with Gasteiger partial charge in [0.15, 0.2) is 0 Å². The van der Waals surface area contributed by atoms with Crippen LogP contribution in [0.3, 0.4) is 0 Å². The molecule has 2 N–H and O–H groups in total. The third kappa shape index (κ3) is 4.52. The summed E-state index contributed by atoms with van der Waals surface area (Å²) in [7, 11) is 0. The number of aromatic carboxylic acids is 1. The van der Waals surface area contributed by atoms with E-state index in [1.54, 1.807) is 24.5 Å². The number of hydrogen-bond acceptors (Lipinski definition) is 6. The third-order valence-electron chi connectivity index (χ3n) is 4.66. The minimum atomic E-state index is -4.80. The Balaban J connectivity index is 1.51. The Bertz CT molecular complexity index is 1310. The van der Waals surface area contributed by atoms with Crippen LogP contribution in [-0.4, -0.2) is 32.6 Å². The van der Waals surface area contributed by atoms with Crippen molar-refractivity contribution in [1.29, 1.82) is 0 Å². The van der Waals surface area contributed by atoms with E-state index in [0.29, 0.717) is 41.1 Å². The van der Waals surface area contributed by atoms with Gasteiger partial charge in [0.1, 0.15) is 22.8 Å². The van der Waals surface area contributed by atoms with Crippen molar-refractivity contribution in [2.45, 2.75) is 12.6 Å². The Morgan fingerprint density at radius 2 is 1.94 bits per heavy atom. The second-order valence-electron chi connectivity index (χ2n) is 6.79. The highest BCUT2D eigenvalue weighted by molar-refractivity contribution is 7.17. The van der Waals surface area contributed by atoms with E-state index >= 15 is 0 Å². The second-order valence-corrected chi connectivity index (χ2v) is 7.84. The number of nitrogens with zero attached hydrogens (tertiary/aromatic N) is 3. The molecule has 0 spiro atoms. The molecule has 0 amide bonds. The molecule has 0 saturated heterocycles. The average Bonchev–Trinajstić information content (AvgIpc) is 3.21. The Hall–Kier alpha value is -3.60. The lowest BCUT2D eigenvalue weighted by molar-refractivity contribution is -0.137. The number of fused-ring (bicyclic) bond motifs is 1. The number of rotatable bonds is 6. The molecule has 0 fully saturated rings. The number of carboxylic acids is 1. The lowest BCUT2D eigenvalue weighted by Crippen LogP contribution is -2.09. The number of carboxylic acid groups (broad SMARTS) is 1. The number of pyridine rings is 1. The van der Waals surface area contributed by atoms with E-state index in [9.17, 15) is 22.4 Å².